The summed E-state index contributed by atoms with van der Waals surface area (Å²) in [7, 11) is 0. The SMILES string of the molecule is O=C(O)c1coc(C(=O)N2CCOC(c3cccc(Cl)c3)C2)c1. The van der Waals surface area contributed by atoms with Crippen molar-refractivity contribution < 1.29 is 23.8 Å². The van der Waals surface area contributed by atoms with Gasteiger partial charge < -0.3 is 19.2 Å². The quantitative estimate of drug-likeness (QED) is 0.933. The van der Waals surface area contributed by atoms with E-state index in [0.717, 1.165) is 11.8 Å². The third-order valence-electron chi connectivity index (χ3n) is 3.63. The van der Waals surface area contributed by atoms with E-state index in [2.05, 4.69) is 0 Å². The van der Waals surface area contributed by atoms with Crippen LogP contribution in [0, 0.1) is 0 Å². The number of hydrogen-bond donors (Lipinski definition) is 1. The highest BCUT2D eigenvalue weighted by Gasteiger charge is 2.28. The summed E-state index contributed by atoms with van der Waals surface area (Å²) in [6, 6.07) is 8.52. The molecule has 3 rings (SSSR count). The Hall–Kier alpha value is -2.31. The number of amides is 1. The van der Waals surface area contributed by atoms with Crippen LogP contribution in [-0.2, 0) is 4.74 Å². The van der Waals surface area contributed by atoms with Gasteiger partial charge in [0.2, 0.25) is 0 Å². The Morgan fingerprint density at radius 3 is 2.83 bits per heavy atom. The zero-order valence-electron chi connectivity index (χ0n) is 12.1. The Kier molecular flexibility index (Phi) is 4.36. The molecule has 120 valence electrons. The number of carboxylic acids is 1. The van der Waals surface area contributed by atoms with Gasteiger partial charge in [-0.15, -0.1) is 0 Å². The molecule has 0 spiro atoms. The molecule has 23 heavy (non-hydrogen) atoms. The predicted octanol–water partition coefficient (Wildman–Crippen LogP) is 2.84. The van der Waals surface area contributed by atoms with Gasteiger partial charge in [0.25, 0.3) is 5.91 Å². The van der Waals surface area contributed by atoms with Crippen molar-refractivity contribution in [1.82, 2.24) is 4.90 Å². The summed E-state index contributed by atoms with van der Waals surface area (Å²) in [6.07, 6.45) is 0.782. The van der Waals surface area contributed by atoms with E-state index in [-0.39, 0.29) is 23.3 Å². The number of ether oxygens (including phenoxy) is 1. The van der Waals surface area contributed by atoms with Crippen molar-refractivity contribution in [3.63, 3.8) is 0 Å². The Morgan fingerprint density at radius 2 is 2.13 bits per heavy atom. The number of aromatic carboxylic acids is 1. The summed E-state index contributed by atoms with van der Waals surface area (Å²) < 4.78 is 10.8. The summed E-state index contributed by atoms with van der Waals surface area (Å²) in [5, 5.41) is 9.49. The number of hydrogen-bond acceptors (Lipinski definition) is 4. The van der Waals surface area contributed by atoms with Gasteiger partial charge in [-0.05, 0) is 17.7 Å². The first kappa shape index (κ1) is 15.6. The first-order valence-electron chi connectivity index (χ1n) is 7.03. The predicted molar refractivity (Wildman–Crippen MR) is 81.7 cm³/mol. The van der Waals surface area contributed by atoms with Crippen LogP contribution in [0.15, 0.2) is 41.0 Å². The number of morpholine rings is 1. The fourth-order valence-electron chi connectivity index (χ4n) is 2.46. The summed E-state index contributed by atoms with van der Waals surface area (Å²) in [5.41, 5.74) is 0.841. The molecule has 1 fully saturated rings. The fourth-order valence-corrected chi connectivity index (χ4v) is 2.66. The topological polar surface area (TPSA) is 80.0 Å². The number of nitrogens with zero attached hydrogens (tertiary/aromatic N) is 1. The third kappa shape index (κ3) is 3.38. The van der Waals surface area contributed by atoms with Crippen molar-refractivity contribution in [3.05, 3.63) is 58.5 Å². The van der Waals surface area contributed by atoms with Crippen LogP contribution in [0.1, 0.15) is 32.6 Å². The second-order valence-electron chi connectivity index (χ2n) is 5.17. The van der Waals surface area contributed by atoms with E-state index in [9.17, 15) is 9.59 Å². The van der Waals surface area contributed by atoms with Crippen molar-refractivity contribution in [2.75, 3.05) is 19.7 Å². The summed E-state index contributed by atoms with van der Waals surface area (Å²) >= 11 is 5.98. The lowest BCUT2D eigenvalue weighted by molar-refractivity contribution is -0.0237. The molecule has 1 unspecified atom stereocenters. The van der Waals surface area contributed by atoms with Gasteiger partial charge in [-0.2, -0.15) is 0 Å². The molecule has 2 aromatic rings. The highest BCUT2D eigenvalue weighted by molar-refractivity contribution is 6.30. The molecule has 0 radical (unpaired) electrons. The monoisotopic (exact) mass is 335 g/mol. The van der Waals surface area contributed by atoms with Gasteiger partial charge in [0.15, 0.2) is 5.76 Å². The fraction of sp³-hybridized carbons (Fsp3) is 0.250. The minimum atomic E-state index is -1.13. The van der Waals surface area contributed by atoms with E-state index in [4.69, 9.17) is 25.9 Å². The highest BCUT2D eigenvalue weighted by atomic mass is 35.5. The lowest BCUT2D eigenvalue weighted by Crippen LogP contribution is -2.42. The van der Waals surface area contributed by atoms with Gasteiger partial charge in [-0.3, -0.25) is 4.79 Å². The molecule has 1 amide bonds. The van der Waals surface area contributed by atoms with Crippen LogP contribution in [0.3, 0.4) is 0 Å². The van der Waals surface area contributed by atoms with E-state index in [0.29, 0.717) is 24.7 Å². The molecule has 1 saturated heterocycles. The van der Waals surface area contributed by atoms with Crippen LogP contribution < -0.4 is 0 Å². The molecule has 1 aliphatic heterocycles. The Morgan fingerprint density at radius 1 is 1.30 bits per heavy atom. The van der Waals surface area contributed by atoms with E-state index >= 15 is 0 Å². The first-order valence-corrected chi connectivity index (χ1v) is 7.40. The molecule has 1 aliphatic rings. The number of benzene rings is 1. The number of furan rings is 1. The van der Waals surface area contributed by atoms with Crippen molar-refractivity contribution in [3.8, 4) is 0 Å². The molecule has 1 aromatic heterocycles. The molecule has 0 bridgehead atoms. The summed E-state index contributed by atoms with van der Waals surface area (Å²) in [6.45, 7) is 1.15. The maximum atomic E-state index is 12.4. The molecule has 2 heterocycles. The van der Waals surface area contributed by atoms with Crippen LogP contribution in [-0.4, -0.2) is 41.6 Å². The maximum absolute atomic E-state index is 12.4. The van der Waals surface area contributed by atoms with Crippen LogP contribution in [0.25, 0.3) is 0 Å². The van der Waals surface area contributed by atoms with Crippen molar-refractivity contribution in [2.45, 2.75) is 6.10 Å². The lowest BCUT2D eigenvalue weighted by atomic mass is 10.1. The second-order valence-corrected chi connectivity index (χ2v) is 5.61. The molecule has 1 aromatic carbocycles. The van der Waals surface area contributed by atoms with Crippen molar-refractivity contribution in [2.24, 2.45) is 0 Å². The maximum Gasteiger partial charge on any atom is 0.338 e. The largest absolute Gasteiger partial charge is 0.478 e. The van der Waals surface area contributed by atoms with E-state index in [1.165, 1.54) is 6.07 Å². The van der Waals surface area contributed by atoms with Gasteiger partial charge in [-0.1, -0.05) is 23.7 Å². The number of halogens is 1. The summed E-state index contributed by atoms with van der Waals surface area (Å²) in [4.78, 5) is 24.9. The average Bonchev–Trinajstić information content (AvgIpc) is 3.04. The van der Waals surface area contributed by atoms with Gasteiger partial charge in [-0.25, -0.2) is 4.79 Å². The molecule has 0 aliphatic carbocycles. The smallest absolute Gasteiger partial charge is 0.338 e. The normalized spacial score (nSPS) is 18.0. The Labute approximate surface area is 137 Å². The van der Waals surface area contributed by atoms with E-state index in [1.54, 1.807) is 17.0 Å². The average molecular weight is 336 g/mol. The van der Waals surface area contributed by atoms with Crippen LogP contribution in [0.5, 0.6) is 0 Å². The molecule has 6 nitrogen and oxygen atoms in total. The van der Waals surface area contributed by atoms with Gasteiger partial charge in [0.05, 0.1) is 18.7 Å². The second kappa shape index (κ2) is 6.44. The lowest BCUT2D eigenvalue weighted by Gasteiger charge is -2.32. The molecule has 1 N–H and O–H groups in total. The number of rotatable bonds is 3. The third-order valence-corrected chi connectivity index (χ3v) is 3.87. The van der Waals surface area contributed by atoms with Gasteiger partial charge >= 0.3 is 5.97 Å². The van der Waals surface area contributed by atoms with E-state index in [1.807, 2.05) is 12.1 Å². The minimum Gasteiger partial charge on any atom is -0.478 e. The molecule has 0 saturated carbocycles. The number of carbonyl (C=O) groups is 2. The minimum absolute atomic E-state index is 0.00847. The first-order chi connectivity index (χ1) is 11.0. The Balaban J connectivity index is 1.75. The van der Waals surface area contributed by atoms with Crippen molar-refractivity contribution >= 4 is 23.5 Å². The van der Waals surface area contributed by atoms with Crippen LogP contribution >= 0.6 is 11.6 Å². The van der Waals surface area contributed by atoms with Gasteiger partial charge in [0, 0.05) is 17.6 Å². The zero-order chi connectivity index (χ0) is 16.4. The standard InChI is InChI=1S/C16H14ClNO5/c17-12-3-1-2-10(6-12)14-8-18(4-5-22-14)15(19)13-7-11(9-23-13)16(20)21/h1-3,6-7,9,14H,4-5,8H2,(H,20,21). The molecule has 1 atom stereocenters. The number of carbonyl (C=O) groups excluding carboxylic acids is 1. The van der Waals surface area contributed by atoms with Crippen molar-refractivity contribution in [1.29, 1.82) is 0 Å². The Bertz CT molecular complexity index is 742. The van der Waals surface area contributed by atoms with Crippen LogP contribution in [0.4, 0.5) is 0 Å². The van der Waals surface area contributed by atoms with Gasteiger partial charge in [0.1, 0.15) is 12.4 Å². The highest BCUT2D eigenvalue weighted by Crippen LogP contribution is 2.25. The number of carboxylic acid groups (broad SMARTS) is 1. The molecule has 7 heteroatoms. The van der Waals surface area contributed by atoms with Crippen LogP contribution in [0.2, 0.25) is 5.02 Å². The molecular formula is C16H14ClNO5. The molecular weight excluding hydrogens is 322 g/mol. The van der Waals surface area contributed by atoms with E-state index < -0.39 is 5.97 Å². The zero-order valence-corrected chi connectivity index (χ0v) is 12.8. The summed E-state index contributed by atoms with van der Waals surface area (Å²) in [5.74, 6) is -1.48.